The number of hydrogen-bond donors (Lipinski definition) is 2. The number of ether oxygens (including phenoxy) is 1. The Morgan fingerprint density at radius 1 is 1.13 bits per heavy atom. The minimum Gasteiger partial charge on any atom is -0.494 e. The molecule has 9 nitrogen and oxygen atoms in total. The first-order valence-corrected chi connectivity index (χ1v) is 15.4. The Balaban J connectivity index is 1.34. The van der Waals surface area contributed by atoms with Gasteiger partial charge in [0, 0.05) is 32.0 Å². The Morgan fingerprint density at radius 2 is 1.87 bits per heavy atom. The average Bonchev–Trinajstić information content (AvgIpc) is 2.95. The highest BCUT2D eigenvalue weighted by Crippen LogP contribution is 2.32. The number of carboxylic acids is 1. The van der Waals surface area contributed by atoms with Gasteiger partial charge in [-0.1, -0.05) is 29.7 Å². The summed E-state index contributed by atoms with van der Waals surface area (Å²) in [5.74, 6) is -0.863. The quantitative estimate of drug-likeness (QED) is 0.142. The van der Waals surface area contributed by atoms with Gasteiger partial charge in [-0.25, -0.2) is 9.99 Å². The summed E-state index contributed by atoms with van der Waals surface area (Å²) in [5, 5.41) is 19.0. The first-order valence-electron chi connectivity index (χ1n) is 13.1. The number of aromatic nitrogens is 1. The van der Waals surface area contributed by atoms with Crippen molar-refractivity contribution in [1.82, 2.24) is 15.3 Å². The van der Waals surface area contributed by atoms with Crippen LogP contribution < -0.4 is 10.1 Å². The fourth-order valence-electron chi connectivity index (χ4n) is 4.33. The van der Waals surface area contributed by atoms with Gasteiger partial charge in [0.15, 0.2) is 0 Å². The summed E-state index contributed by atoms with van der Waals surface area (Å²) in [6.07, 6.45) is 5.56. The van der Waals surface area contributed by atoms with Crippen molar-refractivity contribution in [2.45, 2.75) is 50.5 Å². The van der Waals surface area contributed by atoms with Crippen molar-refractivity contribution in [3.05, 3.63) is 54.2 Å². The van der Waals surface area contributed by atoms with Gasteiger partial charge in [0.1, 0.15) is 10.8 Å². The van der Waals surface area contributed by atoms with E-state index in [1.165, 1.54) is 5.01 Å². The zero-order valence-electron chi connectivity index (χ0n) is 22.4. The van der Waals surface area contributed by atoms with Crippen LogP contribution in [0.5, 0.6) is 5.75 Å². The zero-order chi connectivity index (χ0) is 28.0. The van der Waals surface area contributed by atoms with E-state index in [-0.39, 0.29) is 11.8 Å². The molecule has 2 atom stereocenters. The predicted octanol–water partition coefficient (Wildman–Crippen LogP) is 4.87. The van der Waals surface area contributed by atoms with E-state index in [1.54, 1.807) is 34.8 Å². The number of amides is 2. The Kier molecular flexibility index (Phi) is 12.6. The number of aliphatic carboxylic acids is 1. The smallest absolute Gasteiger partial charge is 0.307 e. The maximum atomic E-state index is 12.9. The van der Waals surface area contributed by atoms with Crippen LogP contribution >= 0.6 is 21.6 Å². The van der Waals surface area contributed by atoms with Crippen LogP contribution in [0.4, 0.5) is 0 Å². The lowest BCUT2D eigenvalue weighted by atomic mass is 9.78. The molecule has 1 aromatic carbocycles. The van der Waals surface area contributed by atoms with Gasteiger partial charge in [0.25, 0.3) is 0 Å². The lowest BCUT2D eigenvalue weighted by molar-refractivity contribution is -0.151. The Morgan fingerprint density at radius 3 is 2.56 bits per heavy atom. The number of nitrogens with zero attached hydrogens (tertiary/aromatic N) is 3. The van der Waals surface area contributed by atoms with E-state index < -0.39 is 17.8 Å². The van der Waals surface area contributed by atoms with Crippen molar-refractivity contribution < 1.29 is 24.2 Å². The normalized spacial score (nSPS) is 17.3. The molecule has 210 valence electrons. The molecule has 2 amide bonds. The van der Waals surface area contributed by atoms with Crippen LogP contribution in [-0.4, -0.2) is 64.5 Å². The summed E-state index contributed by atoms with van der Waals surface area (Å²) < 4.78 is 5.76. The van der Waals surface area contributed by atoms with Crippen molar-refractivity contribution in [2.24, 2.45) is 16.9 Å². The monoisotopic (exact) mass is 572 g/mol. The molecule has 0 radical (unpaired) electrons. The molecular formula is C28H36N4O5S2. The van der Waals surface area contributed by atoms with Crippen LogP contribution in [0.1, 0.15) is 51.0 Å². The lowest BCUT2D eigenvalue weighted by Crippen LogP contribution is -2.39. The van der Waals surface area contributed by atoms with Gasteiger partial charge in [0.2, 0.25) is 11.8 Å². The minimum absolute atomic E-state index is 0.00536. The molecule has 0 saturated heterocycles. The highest BCUT2D eigenvalue weighted by Gasteiger charge is 2.37. The number of benzene rings is 1. The molecule has 1 aliphatic carbocycles. The Hall–Kier alpha value is -3.05. The first kappa shape index (κ1) is 30.5. The number of carbonyl (C=O) groups excluding carboxylic acids is 2. The summed E-state index contributed by atoms with van der Waals surface area (Å²) in [4.78, 5) is 40.7. The molecule has 1 fully saturated rings. The third kappa shape index (κ3) is 10.2. The number of carboxylic acid groups (broad SMARTS) is 1. The molecule has 1 aliphatic rings. The summed E-state index contributed by atoms with van der Waals surface area (Å²) in [6.45, 7) is 2.84. The van der Waals surface area contributed by atoms with Crippen molar-refractivity contribution in [2.75, 3.05) is 26.0 Å². The molecular weight excluding hydrogens is 536 g/mol. The molecule has 1 aromatic heterocycles. The Bertz CT molecular complexity index is 1110. The standard InChI is InChI=1S/C28H36N4O5S2/c1-20(31-32(2)27(34)23-8-3-4-9-24(23)28(35)36)21-12-14-22(15-13-21)37-18-7-10-25(33)29-17-19-38-39-26-11-5-6-16-30-26/h5-6,11-16,23-24H,3-4,7-10,17-19H2,1-2H3,(H,29,33)(H,35,36). The molecule has 2 unspecified atom stereocenters. The van der Waals surface area contributed by atoms with Crippen LogP contribution in [0, 0.1) is 11.8 Å². The van der Waals surface area contributed by atoms with E-state index in [9.17, 15) is 19.5 Å². The second-order valence-corrected chi connectivity index (χ2v) is 11.7. The number of pyridine rings is 1. The molecule has 2 aromatic rings. The van der Waals surface area contributed by atoms with E-state index in [0.29, 0.717) is 50.3 Å². The average molecular weight is 573 g/mol. The van der Waals surface area contributed by atoms with Crippen LogP contribution in [0.2, 0.25) is 0 Å². The predicted molar refractivity (Wildman–Crippen MR) is 155 cm³/mol. The second kappa shape index (κ2) is 16.1. The molecule has 2 N–H and O–H groups in total. The maximum Gasteiger partial charge on any atom is 0.307 e. The van der Waals surface area contributed by atoms with Gasteiger partial charge in [-0.2, -0.15) is 5.10 Å². The second-order valence-electron chi connectivity index (χ2n) is 9.28. The molecule has 39 heavy (non-hydrogen) atoms. The van der Waals surface area contributed by atoms with Crippen molar-refractivity contribution in [1.29, 1.82) is 0 Å². The molecule has 0 bridgehead atoms. The van der Waals surface area contributed by atoms with Crippen LogP contribution in [-0.2, 0) is 14.4 Å². The van der Waals surface area contributed by atoms with Crippen LogP contribution in [0.15, 0.2) is 58.8 Å². The van der Waals surface area contributed by atoms with E-state index in [0.717, 1.165) is 29.2 Å². The summed E-state index contributed by atoms with van der Waals surface area (Å²) in [6, 6.07) is 13.2. The third-order valence-electron chi connectivity index (χ3n) is 6.40. The fourth-order valence-corrected chi connectivity index (χ4v) is 6.11. The van der Waals surface area contributed by atoms with Gasteiger partial charge in [-0.05, 0) is 78.9 Å². The van der Waals surface area contributed by atoms with Crippen molar-refractivity contribution in [3.8, 4) is 5.75 Å². The highest BCUT2D eigenvalue weighted by molar-refractivity contribution is 8.76. The van der Waals surface area contributed by atoms with Gasteiger partial charge in [-0.3, -0.25) is 14.4 Å². The zero-order valence-corrected chi connectivity index (χ0v) is 24.0. The molecule has 11 heteroatoms. The molecule has 1 saturated carbocycles. The van der Waals surface area contributed by atoms with Crippen molar-refractivity contribution in [3.63, 3.8) is 0 Å². The number of hydrazone groups is 1. The van der Waals surface area contributed by atoms with Crippen molar-refractivity contribution >= 4 is 45.1 Å². The van der Waals surface area contributed by atoms with Crippen LogP contribution in [0.3, 0.4) is 0 Å². The lowest BCUT2D eigenvalue weighted by Gasteiger charge is -2.29. The number of nitrogens with one attached hydrogen (secondary N) is 1. The molecule has 0 aliphatic heterocycles. The highest BCUT2D eigenvalue weighted by atomic mass is 33.1. The van der Waals surface area contributed by atoms with E-state index in [4.69, 9.17) is 4.74 Å². The van der Waals surface area contributed by atoms with Gasteiger partial charge >= 0.3 is 5.97 Å². The third-order valence-corrected chi connectivity index (χ3v) is 8.66. The van der Waals surface area contributed by atoms with E-state index >= 15 is 0 Å². The molecule has 0 spiro atoms. The fraction of sp³-hybridized carbons (Fsp3) is 0.464. The number of carbonyl (C=O) groups is 3. The minimum atomic E-state index is -0.913. The maximum absolute atomic E-state index is 12.9. The largest absolute Gasteiger partial charge is 0.494 e. The van der Waals surface area contributed by atoms with E-state index in [1.807, 2.05) is 49.4 Å². The number of rotatable bonds is 14. The van der Waals surface area contributed by atoms with Crippen LogP contribution in [0.25, 0.3) is 0 Å². The molecule has 3 rings (SSSR count). The SMILES string of the molecule is CC(=NN(C)C(=O)C1CCCCC1C(=O)O)c1ccc(OCCCC(=O)NCCSSc2ccccn2)cc1. The number of hydrogen-bond acceptors (Lipinski definition) is 8. The van der Waals surface area contributed by atoms with Gasteiger partial charge in [-0.15, -0.1) is 0 Å². The summed E-state index contributed by atoms with van der Waals surface area (Å²) >= 11 is 0. The van der Waals surface area contributed by atoms with Gasteiger partial charge < -0.3 is 15.2 Å². The summed E-state index contributed by atoms with van der Waals surface area (Å²) in [7, 11) is 4.83. The Labute approximate surface area is 237 Å². The topological polar surface area (TPSA) is 121 Å². The summed E-state index contributed by atoms with van der Waals surface area (Å²) in [5.41, 5.74) is 1.48. The van der Waals surface area contributed by atoms with Gasteiger partial charge in [0.05, 0.1) is 24.2 Å². The first-order chi connectivity index (χ1) is 18.8. The van der Waals surface area contributed by atoms with E-state index in [2.05, 4.69) is 15.4 Å². The molecule has 1 heterocycles.